The Hall–Kier alpha value is -0.610. The molecule has 0 spiro atoms. The Morgan fingerprint density at radius 2 is 2.16 bits per heavy atom. The molecule has 3 unspecified atom stereocenters. The lowest BCUT2D eigenvalue weighted by Gasteiger charge is -2.46. The van der Waals surface area contributed by atoms with E-state index in [1.807, 2.05) is 0 Å². The topological polar surface area (TPSA) is 35.6 Å². The zero-order valence-electron chi connectivity index (χ0n) is 12.7. The van der Waals surface area contributed by atoms with E-state index in [-0.39, 0.29) is 5.91 Å². The minimum Gasteiger partial charge on any atom is -0.341 e. The van der Waals surface area contributed by atoms with Gasteiger partial charge in [-0.3, -0.25) is 4.79 Å². The minimum absolute atomic E-state index is 0.284. The number of fused-ring (bicyclic) bond motifs is 1. The average molecular weight is 267 g/mol. The van der Waals surface area contributed by atoms with Crippen molar-refractivity contribution in [1.82, 2.24) is 15.1 Å². The Morgan fingerprint density at radius 1 is 1.37 bits per heavy atom. The molecule has 0 aromatic heterocycles. The van der Waals surface area contributed by atoms with Crippen molar-refractivity contribution in [1.29, 1.82) is 0 Å². The zero-order chi connectivity index (χ0) is 13.8. The first-order valence-corrected chi connectivity index (χ1v) is 7.83. The fraction of sp³-hybridized carbons (Fsp3) is 0.933. The lowest BCUT2D eigenvalue weighted by molar-refractivity contribution is -0.133. The van der Waals surface area contributed by atoms with Crippen LogP contribution in [0.15, 0.2) is 0 Å². The number of likely N-dealkylation sites (tertiary alicyclic amines) is 2. The molecular weight excluding hydrogens is 238 g/mol. The van der Waals surface area contributed by atoms with E-state index in [1.54, 1.807) is 0 Å². The maximum absolute atomic E-state index is 12.2. The molecule has 2 aliphatic heterocycles. The summed E-state index contributed by atoms with van der Waals surface area (Å²) in [4.78, 5) is 16.8. The van der Waals surface area contributed by atoms with Crippen molar-refractivity contribution in [2.75, 3.05) is 33.2 Å². The standard InChI is InChI=1S/C15H29N3O/c1-4-12(2)16-10-15(19)18-9-7-14-13(11-18)6-5-8-17(14)3/h12-14,16H,4-11H2,1-3H3. The molecule has 0 saturated carbocycles. The summed E-state index contributed by atoms with van der Waals surface area (Å²) in [6.45, 7) is 7.91. The van der Waals surface area contributed by atoms with Crippen LogP contribution in [0.2, 0.25) is 0 Å². The Morgan fingerprint density at radius 3 is 2.89 bits per heavy atom. The third-order valence-corrected chi connectivity index (χ3v) is 4.91. The fourth-order valence-electron chi connectivity index (χ4n) is 3.40. The van der Waals surface area contributed by atoms with Gasteiger partial charge in [0.25, 0.3) is 0 Å². The Labute approximate surface area is 117 Å². The maximum Gasteiger partial charge on any atom is 0.236 e. The average Bonchev–Trinajstić information content (AvgIpc) is 2.44. The number of nitrogens with one attached hydrogen (secondary N) is 1. The predicted molar refractivity (Wildman–Crippen MR) is 78.1 cm³/mol. The SMILES string of the molecule is CCC(C)NCC(=O)N1CCC2C(CCCN2C)C1. The summed E-state index contributed by atoms with van der Waals surface area (Å²) >= 11 is 0. The van der Waals surface area contributed by atoms with Gasteiger partial charge in [-0.2, -0.15) is 0 Å². The molecule has 4 nitrogen and oxygen atoms in total. The summed E-state index contributed by atoms with van der Waals surface area (Å²) in [7, 11) is 2.23. The van der Waals surface area contributed by atoms with Crippen molar-refractivity contribution in [2.45, 2.75) is 51.6 Å². The van der Waals surface area contributed by atoms with Gasteiger partial charge in [0.1, 0.15) is 0 Å². The Kier molecular flexibility index (Phi) is 5.22. The van der Waals surface area contributed by atoms with E-state index in [0.29, 0.717) is 24.5 Å². The van der Waals surface area contributed by atoms with Gasteiger partial charge in [-0.05, 0) is 52.1 Å². The van der Waals surface area contributed by atoms with Crippen molar-refractivity contribution in [3.63, 3.8) is 0 Å². The first kappa shape index (κ1) is 14.8. The zero-order valence-corrected chi connectivity index (χ0v) is 12.7. The molecule has 1 amide bonds. The molecule has 4 heteroatoms. The van der Waals surface area contributed by atoms with E-state index in [9.17, 15) is 4.79 Å². The summed E-state index contributed by atoms with van der Waals surface area (Å²) in [5.74, 6) is 0.979. The number of nitrogens with zero attached hydrogens (tertiary/aromatic N) is 2. The first-order valence-electron chi connectivity index (χ1n) is 7.83. The molecule has 3 atom stereocenters. The highest BCUT2D eigenvalue weighted by Gasteiger charge is 2.35. The molecule has 2 fully saturated rings. The predicted octanol–water partition coefficient (Wildman–Crippen LogP) is 1.32. The van der Waals surface area contributed by atoms with Crippen molar-refractivity contribution >= 4 is 5.91 Å². The molecular formula is C15H29N3O. The van der Waals surface area contributed by atoms with E-state index in [0.717, 1.165) is 25.9 Å². The smallest absolute Gasteiger partial charge is 0.236 e. The molecule has 0 radical (unpaired) electrons. The van der Waals surface area contributed by atoms with E-state index in [2.05, 4.69) is 36.0 Å². The van der Waals surface area contributed by atoms with Crippen LogP contribution in [0, 0.1) is 5.92 Å². The highest BCUT2D eigenvalue weighted by molar-refractivity contribution is 5.78. The van der Waals surface area contributed by atoms with Crippen LogP contribution in [-0.2, 0) is 4.79 Å². The van der Waals surface area contributed by atoms with Gasteiger partial charge in [0.05, 0.1) is 6.54 Å². The van der Waals surface area contributed by atoms with Gasteiger partial charge in [-0.25, -0.2) is 0 Å². The van der Waals surface area contributed by atoms with Crippen molar-refractivity contribution in [3.8, 4) is 0 Å². The highest BCUT2D eigenvalue weighted by Crippen LogP contribution is 2.29. The summed E-state index contributed by atoms with van der Waals surface area (Å²) in [5, 5.41) is 3.31. The monoisotopic (exact) mass is 267 g/mol. The molecule has 2 rings (SSSR count). The second-order valence-electron chi connectivity index (χ2n) is 6.27. The third-order valence-electron chi connectivity index (χ3n) is 4.91. The van der Waals surface area contributed by atoms with Gasteiger partial charge in [0.2, 0.25) is 5.91 Å². The summed E-state index contributed by atoms with van der Waals surface area (Å²) in [6.07, 6.45) is 4.79. The van der Waals surface area contributed by atoms with Gasteiger partial charge in [-0.15, -0.1) is 0 Å². The molecule has 1 N–H and O–H groups in total. The van der Waals surface area contributed by atoms with Crippen LogP contribution in [-0.4, -0.2) is 61.0 Å². The van der Waals surface area contributed by atoms with Gasteiger partial charge in [0, 0.05) is 25.2 Å². The van der Waals surface area contributed by atoms with E-state index < -0.39 is 0 Å². The molecule has 2 aliphatic rings. The number of piperidine rings is 2. The minimum atomic E-state index is 0.284. The van der Waals surface area contributed by atoms with E-state index >= 15 is 0 Å². The normalized spacial score (nSPS) is 29.9. The van der Waals surface area contributed by atoms with Crippen LogP contribution in [0.5, 0.6) is 0 Å². The van der Waals surface area contributed by atoms with Crippen LogP contribution in [0.25, 0.3) is 0 Å². The quantitative estimate of drug-likeness (QED) is 0.834. The lowest BCUT2D eigenvalue weighted by atomic mass is 9.84. The number of carbonyl (C=O) groups is 1. The van der Waals surface area contributed by atoms with Crippen molar-refractivity contribution in [2.24, 2.45) is 5.92 Å². The Bertz CT molecular complexity index is 308. The second-order valence-corrected chi connectivity index (χ2v) is 6.27. The largest absolute Gasteiger partial charge is 0.341 e. The highest BCUT2D eigenvalue weighted by atomic mass is 16.2. The van der Waals surface area contributed by atoms with E-state index in [4.69, 9.17) is 0 Å². The summed E-state index contributed by atoms with van der Waals surface area (Å²) in [5.41, 5.74) is 0. The van der Waals surface area contributed by atoms with E-state index in [1.165, 1.54) is 19.4 Å². The van der Waals surface area contributed by atoms with Crippen LogP contribution < -0.4 is 5.32 Å². The molecule has 110 valence electrons. The van der Waals surface area contributed by atoms with Crippen LogP contribution in [0.3, 0.4) is 0 Å². The van der Waals surface area contributed by atoms with Crippen LogP contribution in [0.1, 0.15) is 39.5 Å². The van der Waals surface area contributed by atoms with Crippen LogP contribution in [0.4, 0.5) is 0 Å². The first-order chi connectivity index (χ1) is 9.11. The molecule has 0 aromatic carbocycles. The Balaban J connectivity index is 1.81. The second kappa shape index (κ2) is 6.71. The number of hydrogen-bond acceptors (Lipinski definition) is 3. The van der Waals surface area contributed by atoms with Gasteiger partial charge in [0.15, 0.2) is 0 Å². The van der Waals surface area contributed by atoms with Gasteiger partial charge >= 0.3 is 0 Å². The molecule has 0 aliphatic carbocycles. The molecule has 0 aromatic rings. The lowest BCUT2D eigenvalue weighted by Crippen LogP contribution is -2.55. The number of amides is 1. The van der Waals surface area contributed by atoms with Crippen molar-refractivity contribution in [3.05, 3.63) is 0 Å². The maximum atomic E-state index is 12.2. The van der Waals surface area contributed by atoms with Gasteiger partial charge < -0.3 is 15.1 Å². The molecule has 2 saturated heterocycles. The van der Waals surface area contributed by atoms with Crippen molar-refractivity contribution < 1.29 is 4.79 Å². The van der Waals surface area contributed by atoms with Crippen LogP contribution >= 0.6 is 0 Å². The molecule has 0 bridgehead atoms. The van der Waals surface area contributed by atoms with Gasteiger partial charge in [-0.1, -0.05) is 6.92 Å². The summed E-state index contributed by atoms with van der Waals surface area (Å²) in [6, 6.07) is 1.14. The molecule has 19 heavy (non-hydrogen) atoms. The number of hydrogen-bond donors (Lipinski definition) is 1. The third kappa shape index (κ3) is 3.69. The fourth-order valence-corrected chi connectivity index (χ4v) is 3.40. The summed E-state index contributed by atoms with van der Waals surface area (Å²) < 4.78 is 0. The number of rotatable bonds is 4. The molecule has 2 heterocycles. The number of carbonyl (C=O) groups excluding carboxylic acids is 1.